The fourth-order valence-electron chi connectivity index (χ4n) is 2.78. The van der Waals surface area contributed by atoms with Gasteiger partial charge in [0.15, 0.2) is 11.5 Å². The predicted molar refractivity (Wildman–Crippen MR) is 92.3 cm³/mol. The van der Waals surface area contributed by atoms with Gasteiger partial charge in [-0.25, -0.2) is 0 Å². The number of primary amides is 1. The molecule has 2 aromatic carbocycles. The summed E-state index contributed by atoms with van der Waals surface area (Å²) < 4.78 is 11.8. The van der Waals surface area contributed by atoms with Gasteiger partial charge in [-0.15, -0.1) is 0 Å². The van der Waals surface area contributed by atoms with Gasteiger partial charge in [0.25, 0.3) is 0 Å². The molecule has 2 N–H and O–H groups in total. The highest BCUT2D eigenvalue weighted by Gasteiger charge is 2.22. The summed E-state index contributed by atoms with van der Waals surface area (Å²) in [6.45, 7) is 5.14. The number of nitrogens with two attached hydrogens (primary N) is 1. The lowest BCUT2D eigenvalue weighted by molar-refractivity contribution is 0.0580. The highest BCUT2D eigenvalue weighted by Crippen LogP contribution is 2.31. The van der Waals surface area contributed by atoms with E-state index in [0.29, 0.717) is 12.2 Å². The van der Waals surface area contributed by atoms with Gasteiger partial charge in [0.05, 0.1) is 0 Å². The van der Waals surface area contributed by atoms with Crippen LogP contribution in [0.3, 0.4) is 0 Å². The third kappa shape index (κ3) is 3.86. The van der Waals surface area contributed by atoms with Crippen molar-refractivity contribution in [3.05, 3.63) is 59.7 Å². The smallest absolute Gasteiger partial charge is 0.248 e. The number of nitrogens with zero attached hydrogens (tertiary/aromatic N) is 1. The summed E-state index contributed by atoms with van der Waals surface area (Å²) in [6.07, 6.45) is 0.00439. The van der Waals surface area contributed by atoms with E-state index >= 15 is 0 Å². The molecule has 5 nitrogen and oxygen atoms in total. The maximum Gasteiger partial charge on any atom is 0.248 e. The van der Waals surface area contributed by atoms with Crippen LogP contribution >= 0.6 is 0 Å². The summed E-state index contributed by atoms with van der Waals surface area (Å²) in [5.74, 6) is 1.20. The van der Waals surface area contributed by atoms with Crippen molar-refractivity contribution in [1.82, 2.24) is 4.90 Å². The lowest BCUT2D eigenvalue weighted by atomic mass is 10.1. The first-order valence-electron chi connectivity index (χ1n) is 8.15. The minimum Gasteiger partial charge on any atom is -0.486 e. The van der Waals surface area contributed by atoms with Crippen molar-refractivity contribution in [2.24, 2.45) is 5.73 Å². The molecule has 0 aromatic heterocycles. The average Bonchev–Trinajstić information content (AvgIpc) is 2.61. The predicted octanol–water partition coefficient (Wildman–Crippen LogP) is 2.45. The highest BCUT2D eigenvalue weighted by molar-refractivity contribution is 5.92. The molecule has 1 aliphatic heterocycles. The molecule has 0 aliphatic carbocycles. The third-order valence-corrected chi connectivity index (χ3v) is 4.12. The van der Waals surface area contributed by atoms with Gasteiger partial charge in [0.2, 0.25) is 5.91 Å². The summed E-state index contributed by atoms with van der Waals surface area (Å²) in [6, 6.07) is 15.2. The summed E-state index contributed by atoms with van der Waals surface area (Å²) in [5.41, 5.74) is 6.94. The quantitative estimate of drug-likeness (QED) is 0.885. The van der Waals surface area contributed by atoms with Crippen molar-refractivity contribution >= 4 is 5.91 Å². The summed E-state index contributed by atoms with van der Waals surface area (Å²) in [5, 5.41) is 0. The number of ether oxygens (including phenoxy) is 2. The zero-order valence-electron chi connectivity index (χ0n) is 13.8. The minimum absolute atomic E-state index is 0.00439. The molecule has 2 aromatic rings. The Bertz CT molecular complexity index is 700. The van der Waals surface area contributed by atoms with E-state index in [4.69, 9.17) is 15.2 Å². The van der Waals surface area contributed by atoms with Crippen LogP contribution in [-0.4, -0.2) is 36.6 Å². The number of carbonyl (C=O) groups is 1. The molecule has 1 atom stereocenters. The van der Waals surface area contributed by atoms with Crippen LogP contribution in [0.5, 0.6) is 11.5 Å². The van der Waals surface area contributed by atoms with Crippen molar-refractivity contribution in [1.29, 1.82) is 0 Å². The molecule has 1 unspecified atom stereocenters. The molecule has 0 bridgehead atoms. The molecule has 0 saturated carbocycles. The molecule has 1 heterocycles. The molecule has 0 radical (unpaired) electrons. The number of para-hydroxylation sites is 2. The highest BCUT2D eigenvalue weighted by atomic mass is 16.6. The second kappa shape index (κ2) is 7.36. The maximum absolute atomic E-state index is 11.1. The molecule has 24 heavy (non-hydrogen) atoms. The Labute approximate surface area is 142 Å². The number of hydrogen-bond acceptors (Lipinski definition) is 4. The van der Waals surface area contributed by atoms with E-state index in [1.807, 2.05) is 36.4 Å². The van der Waals surface area contributed by atoms with Gasteiger partial charge in [-0.05, 0) is 36.4 Å². The van der Waals surface area contributed by atoms with Crippen molar-refractivity contribution in [2.45, 2.75) is 19.6 Å². The average molecular weight is 326 g/mol. The van der Waals surface area contributed by atoms with Crippen LogP contribution < -0.4 is 15.2 Å². The van der Waals surface area contributed by atoms with E-state index in [0.717, 1.165) is 36.7 Å². The number of benzene rings is 2. The number of rotatable bonds is 6. The van der Waals surface area contributed by atoms with E-state index in [-0.39, 0.29) is 6.10 Å². The first-order chi connectivity index (χ1) is 11.7. The van der Waals surface area contributed by atoms with Crippen LogP contribution in [0, 0.1) is 0 Å². The first-order valence-corrected chi connectivity index (χ1v) is 8.15. The van der Waals surface area contributed by atoms with Gasteiger partial charge in [0.1, 0.15) is 12.7 Å². The van der Waals surface area contributed by atoms with E-state index in [2.05, 4.69) is 11.8 Å². The molecule has 0 fully saturated rings. The molecule has 0 saturated heterocycles. The minimum atomic E-state index is -0.402. The second-order valence-electron chi connectivity index (χ2n) is 5.89. The Kier molecular flexibility index (Phi) is 5.01. The van der Waals surface area contributed by atoms with Crippen LogP contribution in [0.25, 0.3) is 0 Å². The van der Waals surface area contributed by atoms with Crippen LogP contribution in [0.2, 0.25) is 0 Å². The maximum atomic E-state index is 11.1. The Morgan fingerprint density at radius 2 is 1.88 bits per heavy atom. The molecule has 1 amide bonds. The lowest BCUT2D eigenvalue weighted by Gasteiger charge is -2.30. The lowest BCUT2D eigenvalue weighted by Crippen LogP contribution is -2.40. The topological polar surface area (TPSA) is 64.8 Å². The van der Waals surface area contributed by atoms with Crippen molar-refractivity contribution in [3.8, 4) is 11.5 Å². The number of fused-ring (bicyclic) bond motifs is 1. The standard InChI is InChI=1S/C19H22N2O3/c1-2-21(11-14-7-9-15(10-8-14)19(20)22)12-16-13-23-17-5-3-4-6-18(17)24-16/h3-10,16H,2,11-13H2,1H3,(H2,20,22). The van der Waals surface area contributed by atoms with E-state index in [1.165, 1.54) is 0 Å². The van der Waals surface area contributed by atoms with Gasteiger partial charge < -0.3 is 15.2 Å². The van der Waals surface area contributed by atoms with E-state index in [1.54, 1.807) is 12.1 Å². The summed E-state index contributed by atoms with van der Waals surface area (Å²) in [7, 11) is 0. The zero-order valence-corrected chi connectivity index (χ0v) is 13.8. The Balaban J connectivity index is 1.60. The molecule has 126 valence electrons. The van der Waals surface area contributed by atoms with Crippen molar-refractivity contribution in [3.63, 3.8) is 0 Å². The third-order valence-electron chi connectivity index (χ3n) is 4.12. The van der Waals surface area contributed by atoms with Crippen LogP contribution in [0.15, 0.2) is 48.5 Å². The molecule has 1 aliphatic rings. The Morgan fingerprint density at radius 1 is 1.17 bits per heavy atom. The SMILES string of the molecule is CCN(Cc1ccc(C(N)=O)cc1)CC1COc2ccccc2O1. The molecular formula is C19H22N2O3. The summed E-state index contributed by atoms with van der Waals surface area (Å²) >= 11 is 0. The molecule has 3 rings (SSSR count). The monoisotopic (exact) mass is 326 g/mol. The van der Waals surface area contributed by atoms with Crippen LogP contribution in [0.1, 0.15) is 22.8 Å². The van der Waals surface area contributed by atoms with Crippen molar-refractivity contribution in [2.75, 3.05) is 19.7 Å². The second-order valence-corrected chi connectivity index (χ2v) is 5.89. The number of hydrogen-bond donors (Lipinski definition) is 1. The summed E-state index contributed by atoms with van der Waals surface area (Å²) in [4.78, 5) is 13.4. The van der Waals surface area contributed by atoms with Crippen LogP contribution in [-0.2, 0) is 6.54 Å². The van der Waals surface area contributed by atoms with Gasteiger partial charge in [-0.2, -0.15) is 0 Å². The molecule has 0 spiro atoms. The molecular weight excluding hydrogens is 304 g/mol. The number of amides is 1. The van der Waals surface area contributed by atoms with Gasteiger partial charge in [-0.3, -0.25) is 9.69 Å². The van der Waals surface area contributed by atoms with E-state index in [9.17, 15) is 4.79 Å². The fourth-order valence-corrected chi connectivity index (χ4v) is 2.78. The largest absolute Gasteiger partial charge is 0.486 e. The van der Waals surface area contributed by atoms with Gasteiger partial charge >= 0.3 is 0 Å². The fraction of sp³-hybridized carbons (Fsp3) is 0.316. The van der Waals surface area contributed by atoms with E-state index < -0.39 is 5.91 Å². The van der Waals surface area contributed by atoms with Crippen molar-refractivity contribution < 1.29 is 14.3 Å². The molecule has 5 heteroatoms. The number of carbonyl (C=O) groups excluding carboxylic acids is 1. The van der Waals surface area contributed by atoms with Crippen LogP contribution in [0.4, 0.5) is 0 Å². The zero-order chi connectivity index (χ0) is 16.9. The Hall–Kier alpha value is -2.53. The van der Waals surface area contributed by atoms with Gasteiger partial charge in [-0.1, -0.05) is 31.2 Å². The first kappa shape index (κ1) is 16.3. The Morgan fingerprint density at radius 3 is 2.54 bits per heavy atom. The normalized spacial score (nSPS) is 16.2. The number of likely N-dealkylation sites (N-methyl/N-ethyl adjacent to an activating group) is 1. The van der Waals surface area contributed by atoms with Gasteiger partial charge in [0, 0.05) is 18.7 Å².